The van der Waals surface area contributed by atoms with Crippen molar-refractivity contribution >= 4 is 5.91 Å². The van der Waals surface area contributed by atoms with Gasteiger partial charge in [0.15, 0.2) is 11.6 Å². The van der Waals surface area contributed by atoms with Crippen LogP contribution >= 0.6 is 0 Å². The van der Waals surface area contributed by atoms with E-state index in [1.54, 1.807) is 7.11 Å². The van der Waals surface area contributed by atoms with Crippen molar-refractivity contribution in [3.8, 4) is 5.75 Å². The van der Waals surface area contributed by atoms with Crippen LogP contribution < -0.4 is 4.74 Å². The molecule has 0 saturated carbocycles. The van der Waals surface area contributed by atoms with E-state index in [2.05, 4.69) is 24.8 Å². The SMILES string of the molecule is COc1ccc(C(C)N2CCN(C(=O)c3cc(F)c(C)c(F)c3F)CC2)c(C)c1C. The van der Waals surface area contributed by atoms with Crippen LogP contribution in [0.3, 0.4) is 0 Å². The van der Waals surface area contributed by atoms with Crippen molar-refractivity contribution in [3.63, 3.8) is 0 Å². The van der Waals surface area contributed by atoms with E-state index in [1.807, 2.05) is 13.0 Å². The normalized spacial score (nSPS) is 15.9. The van der Waals surface area contributed by atoms with Gasteiger partial charge in [-0.15, -0.1) is 0 Å². The number of halogens is 3. The Bertz CT molecular complexity index is 970. The number of carbonyl (C=O) groups excluding carboxylic acids is 1. The van der Waals surface area contributed by atoms with Crippen LogP contribution in [0, 0.1) is 38.2 Å². The molecule has 162 valence electrons. The number of piperazine rings is 1. The third-order valence-corrected chi connectivity index (χ3v) is 6.22. The molecule has 0 N–H and O–H groups in total. The molecule has 1 atom stereocenters. The molecule has 1 heterocycles. The average Bonchev–Trinajstić information content (AvgIpc) is 2.75. The number of carbonyl (C=O) groups is 1. The number of methoxy groups -OCH3 is 1. The van der Waals surface area contributed by atoms with Crippen molar-refractivity contribution in [1.29, 1.82) is 0 Å². The maximum Gasteiger partial charge on any atom is 0.257 e. The van der Waals surface area contributed by atoms with Gasteiger partial charge in [-0.2, -0.15) is 0 Å². The Kier molecular flexibility index (Phi) is 6.41. The fraction of sp³-hybridized carbons (Fsp3) is 0.435. The van der Waals surface area contributed by atoms with Crippen LogP contribution in [0.2, 0.25) is 0 Å². The summed E-state index contributed by atoms with van der Waals surface area (Å²) in [5.41, 5.74) is 2.45. The molecule has 1 aliphatic rings. The summed E-state index contributed by atoms with van der Waals surface area (Å²) < 4.78 is 47.3. The van der Waals surface area contributed by atoms with Crippen LogP contribution in [-0.2, 0) is 0 Å². The summed E-state index contributed by atoms with van der Waals surface area (Å²) >= 11 is 0. The molecule has 7 heteroatoms. The fourth-order valence-corrected chi connectivity index (χ4v) is 4.01. The molecule has 1 fully saturated rings. The molecule has 1 amide bonds. The van der Waals surface area contributed by atoms with Gasteiger partial charge in [0, 0.05) is 37.8 Å². The number of benzene rings is 2. The molecule has 0 aliphatic carbocycles. The quantitative estimate of drug-likeness (QED) is 0.680. The molecular weight excluding hydrogens is 393 g/mol. The molecular formula is C23H27F3N2O2. The van der Waals surface area contributed by atoms with Gasteiger partial charge in [0.25, 0.3) is 5.91 Å². The Morgan fingerprint density at radius 3 is 2.20 bits per heavy atom. The lowest BCUT2D eigenvalue weighted by Crippen LogP contribution is -2.49. The van der Waals surface area contributed by atoms with Gasteiger partial charge in [-0.05, 0) is 56.5 Å². The van der Waals surface area contributed by atoms with Crippen molar-refractivity contribution in [2.24, 2.45) is 0 Å². The molecule has 0 radical (unpaired) electrons. The Hall–Kier alpha value is -2.54. The summed E-state index contributed by atoms with van der Waals surface area (Å²) in [5.74, 6) is -3.36. The fourth-order valence-electron chi connectivity index (χ4n) is 4.01. The van der Waals surface area contributed by atoms with Crippen LogP contribution in [-0.4, -0.2) is 49.0 Å². The second-order valence-corrected chi connectivity index (χ2v) is 7.77. The number of nitrogens with zero attached hydrogens (tertiary/aromatic N) is 2. The minimum Gasteiger partial charge on any atom is -0.496 e. The molecule has 1 unspecified atom stereocenters. The van der Waals surface area contributed by atoms with Crippen molar-refractivity contribution in [3.05, 3.63) is 63.5 Å². The summed E-state index contributed by atoms with van der Waals surface area (Å²) in [6, 6.07) is 4.92. The molecule has 2 aromatic carbocycles. The Morgan fingerprint density at radius 1 is 0.967 bits per heavy atom. The molecule has 2 aromatic rings. The molecule has 0 aromatic heterocycles. The Balaban J connectivity index is 1.72. The van der Waals surface area contributed by atoms with E-state index >= 15 is 0 Å². The van der Waals surface area contributed by atoms with E-state index in [0.717, 1.165) is 29.9 Å². The average molecular weight is 420 g/mol. The number of rotatable bonds is 4. The third-order valence-electron chi connectivity index (χ3n) is 6.22. The van der Waals surface area contributed by atoms with Crippen molar-refractivity contribution in [1.82, 2.24) is 9.80 Å². The van der Waals surface area contributed by atoms with Gasteiger partial charge in [-0.3, -0.25) is 9.69 Å². The van der Waals surface area contributed by atoms with Crippen molar-refractivity contribution in [2.75, 3.05) is 33.3 Å². The number of amides is 1. The van der Waals surface area contributed by atoms with Gasteiger partial charge < -0.3 is 9.64 Å². The van der Waals surface area contributed by atoms with Gasteiger partial charge in [-0.1, -0.05) is 6.07 Å². The largest absolute Gasteiger partial charge is 0.496 e. The number of hydrogen-bond donors (Lipinski definition) is 0. The molecule has 1 aliphatic heterocycles. The maximum absolute atomic E-state index is 14.2. The van der Waals surface area contributed by atoms with Crippen molar-refractivity contribution in [2.45, 2.75) is 33.7 Å². The van der Waals surface area contributed by atoms with Crippen LogP contribution in [0.25, 0.3) is 0 Å². The van der Waals surface area contributed by atoms with Crippen molar-refractivity contribution < 1.29 is 22.7 Å². The second-order valence-electron chi connectivity index (χ2n) is 7.77. The van der Waals surface area contributed by atoms with Crippen LogP contribution in [0.4, 0.5) is 13.2 Å². The Morgan fingerprint density at radius 2 is 1.60 bits per heavy atom. The van der Waals surface area contributed by atoms with Crippen LogP contribution in [0.5, 0.6) is 5.75 Å². The van der Waals surface area contributed by atoms with Crippen LogP contribution in [0.15, 0.2) is 18.2 Å². The molecule has 30 heavy (non-hydrogen) atoms. The zero-order chi connectivity index (χ0) is 22.2. The van der Waals surface area contributed by atoms with E-state index in [1.165, 1.54) is 10.5 Å². The first-order valence-electron chi connectivity index (χ1n) is 9.98. The first-order valence-corrected chi connectivity index (χ1v) is 9.98. The monoisotopic (exact) mass is 420 g/mol. The molecule has 1 saturated heterocycles. The van der Waals surface area contributed by atoms with Gasteiger partial charge in [0.2, 0.25) is 0 Å². The number of ether oxygens (including phenoxy) is 1. The highest BCUT2D eigenvalue weighted by molar-refractivity contribution is 5.94. The van der Waals surface area contributed by atoms with E-state index in [-0.39, 0.29) is 6.04 Å². The smallest absolute Gasteiger partial charge is 0.257 e. The topological polar surface area (TPSA) is 32.8 Å². The van der Waals surface area contributed by atoms with Gasteiger partial charge in [0.1, 0.15) is 11.6 Å². The molecule has 0 spiro atoms. The summed E-state index contributed by atoms with van der Waals surface area (Å²) in [4.78, 5) is 16.4. The standard InChI is InChI=1S/C23H27F3N2O2/c1-13-14(2)20(30-5)7-6-17(13)16(4)27-8-10-28(11-9-27)23(29)18-12-19(24)15(3)21(25)22(18)26/h6-7,12,16H,8-11H2,1-5H3. The first kappa shape index (κ1) is 22.2. The lowest BCUT2D eigenvalue weighted by atomic mass is 9.96. The lowest BCUT2D eigenvalue weighted by Gasteiger charge is -2.39. The van der Waals surface area contributed by atoms with Gasteiger partial charge in [-0.25, -0.2) is 13.2 Å². The lowest BCUT2D eigenvalue weighted by molar-refractivity contribution is 0.0575. The minimum absolute atomic E-state index is 0.123. The molecule has 0 bridgehead atoms. The maximum atomic E-state index is 14.2. The highest BCUT2D eigenvalue weighted by atomic mass is 19.2. The summed E-state index contributed by atoms with van der Waals surface area (Å²) in [7, 11) is 1.65. The van der Waals surface area contributed by atoms with E-state index in [9.17, 15) is 18.0 Å². The highest BCUT2D eigenvalue weighted by Gasteiger charge is 2.29. The molecule has 3 rings (SSSR count). The Labute approximate surface area is 175 Å². The first-order chi connectivity index (χ1) is 14.2. The number of hydrogen-bond acceptors (Lipinski definition) is 3. The summed E-state index contributed by atoms with van der Waals surface area (Å²) in [5, 5.41) is 0. The molecule has 4 nitrogen and oxygen atoms in total. The van der Waals surface area contributed by atoms with Crippen LogP contribution in [0.1, 0.15) is 45.6 Å². The van der Waals surface area contributed by atoms with Gasteiger partial charge in [0.05, 0.1) is 12.7 Å². The van der Waals surface area contributed by atoms with E-state index in [0.29, 0.717) is 26.2 Å². The highest BCUT2D eigenvalue weighted by Crippen LogP contribution is 2.31. The van der Waals surface area contributed by atoms with E-state index < -0.39 is 34.5 Å². The van der Waals surface area contributed by atoms with E-state index in [4.69, 9.17) is 4.74 Å². The third kappa shape index (κ3) is 3.90. The zero-order valence-corrected chi connectivity index (χ0v) is 18.0. The second kappa shape index (κ2) is 8.68. The summed E-state index contributed by atoms with van der Waals surface area (Å²) in [6.45, 7) is 9.21. The minimum atomic E-state index is -1.31. The summed E-state index contributed by atoms with van der Waals surface area (Å²) in [6.07, 6.45) is 0. The van der Waals surface area contributed by atoms with Gasteiger partial charge >= 0.3 is 0 Å². The zero-order valence-electron chi connectivity index (χ0n) is 18.0. The predicted octanol–water partition coefficient (Wildman–Crippen LogP) is 4.56. The predicted molar refractivity (Wildman–Crippen MR) is 109 cm³/mol.